The van der Waals surface area contributed by atoms with Gasteiger partial charge in [0.25, 0.3) is 0 Å². The van der Waals surface area contributed by atoms with Crippen molar-refractivity contribution >= 4 is 11.8 Å². The van der Waals surface area contributed by atoms with Crippen molar-refractivity contribution in [1.82, 2.24) is 10.2 Å². The average Bonchev–Trinajstić information content (AvgIpc) is 2.77. The highest BCUT2D eigenvalue weighted by Crippen LogP contribution is 2.09. The first-order chi connectivity index (χ1) is 8.54. The van der Waals surface area contributed by atoms with E-state index in [9.17, 15) is 14.7 Å². The van der Waals surface area contributed by atoms with Gasteiger partial charge in [0.1, 0.15) is 0 Å². The molecule has 0 aromatic heterocycles. The second kappa shape index (κ2) is 7.36. The zero-order chi connectivity index (χ0) is 13.5. The third-order valence-corrected chi connectivity index (χ3v) is 3.59. The maximum atomic E-state index is 11.6. The summed E-state index contributed by atoms with van der Waals surface area (Å²) in [6, 6.07) is 0. The molecule has 0 aromatic carbocycles. The molecule has 5 nitrogen and oxygen atoms in total. The van der Waals surface area contributed by atoms with E-state index in [-0.39, 0.29) is 17.7 Å². The molecule has 2 N–H and O–H groups in total. The lowest BCUT2D eigenvalue weighted by atomic mass is 10.0. The molecule has 5 heteroatoms. The van der Waals surface area contributed by atoms with Gasteiger partial charge < -0.3 is 15.3 Å². The molecule has 0 saturated carbocycles. The molecule has 0 aromatic rings. The number of nitrogens with one attached hydrogen (secondary N) is 1. The molecule has 2 unspecified atom stereocenters. The number of hydrogen-bond acceptors (Lipinski definition) is 3. The smallest absolute Gasteiger partial charge is 0.222 e. The van der Waals surface area contributed by atoms with Gasteiger partial charge in [-0.2, -0.15) is 0 Å². The van der Waals surface area contributed by atoms with Crippen LogP contribution in [0, 0.1) is 5.92 Å². The predicted molar refractivity (Wildman–Crippen MR) is 68.9 cm³/mol. The fourth-order valence-electron chi connectivity index (χ4n) is 1.96. The summed E-state index contributed by atoms with van der Waals surface area (Å²) in [5, 5.41) is 12.4. The molecule has 104 valence electrons. The van der Waals surface area contributed by atoms with Crippen LogP contribution < -0.4 is 5.32 Å². The van der Waals surface area contributed by atoms with Gasteiger partial charge in [-0.15, -0.1) is 0 Å². The van der Waals surface area contributed by atoms with E-state index in [1.54, 1.807) is 4.90 Å². The lowest BCUT2D eigenvalue weighted by molar-refractivity contribution is -0.128. The van der Waals surface area contributed by atoms with Crippen LogP contribution in [0.1, 0.15) is 39.5 Å². The maximum Gasteiger partial charge on any atom is 0.222 e. The Hall–Kier alpha value is -1.10. The fourth-order valence-corrected chi connectivity index (χ4v) is 1.96. The number of aliphatic hydroxyl groups excluding tert-OH is 1. The molecule has 0 spiro atoms. The Kier molecular flexibility index (Phi) is 6.12. The first kappa shape index (κ1) is 15.0. The third-order valence-electron chi connectivity index (χ3n) is 3.59. The molecule has 18 heavy (non-hydrogen) atoms. The van der Waals surface area contributed by atoms with E-state index in [4.69, 9.17) is 0 Å². The largest absolute Gasteiger partial charge is 0.391 e. The number of carbonyl (C=O) groups is 2. The Balaban J connectivity index is 2.15. The van der Waals surface area contributed by atoms with Crippen molar-refractivity contribution < 1.29 is 14.7 Å². The first-order valence-corrected chi connectivity index (χ1v) is 6.77. The van der Waals surface area contributed by atoms with Crippen LogP contribution in [0.3, 0.4) is 0 Å². The van der Waals surface area contributed by atoms with Crippen LogP contribution in [0.5, 0.6) is 0 Å². The minimum atomic E-state index is -0.493. The van der Waals surface area contributed by atoms with E-state index in [0.717, 1.165) is 19.4 Å². The van der Waals surface area contributed by atoms with E-state index in [1.807, 2.05) is 13.8 Å². The SMILES string of the molecule is CCC(C)C(O)CNC(=O)CCN1CCCC1=O. The van der Waals surface area contributed by atoms with E-state index >= 15 is 0 Å². The molecular weight excluding hydrogens is 232 g/mol. The summed E-state index contributed by atoms with van der Waals surface area (Å²) in [5.74, 6) is 0.227. The summed E-state index contributed by atoms with van der Waals surface area (Å²) in [6.07, 6.45) is 2.21. The number of hydrogen-bond donors (Lipinski definition) is 2. The van der Waals surface area contributed by atoms with Crippen molar-refractivity contribution in [2.75, 3.05) is 19.6 Å². The molecule has 0 aliphatic carbocycles. The summed E-state index contributed by atoms with van der Waals surface area (Å²) < 4.78 is 0. The molecule has 1 saturated heterocycles. The molecule has 1 aliphatic rings. The normalized spacial score (nSPS) is 18.8. The first-order valence-electron chi connectivity index (χ1n) is 6.77. The average molecular weight is 256 g/mol. The Morgan fingerprint density at radius 2 is 2.28 bits per heavy atom. The number of rotatable bonds is 7. The lowest BCUT2D eigenvalue weighted by Crippen LogP contribution is -2.37. The third kappa shape index (κ3) is 4.64. The van der Waals surface area contributed by atoms with Crippen LogP contribution in [0.2, 0.25) is 0 Å². The van der Waals surface area contributed by atoms with Crippen molar-refractivity contribution in [3.8, 4) is 0 Å². The fraction of sp³-hybridized carbons (Fsp3) is 0.846. The maximum absolute atomic E-state index is 11.6. The second-order valence-electron chi connectivity index (χ2n) is 4.99. The number of carbonyl (C=O) groups excluding carboxylic acids is 2. The molecule has 1 heterocycles. The van der Waals surface area contributed by atoms with Crippen molar-refractivity contribution in [3.05, 3.63) is 0 Å². The molecule has 1 aliphatic heterocycles. The van der Waals surface area contributed by atoms with Crippen LogP contribution in [0.15, 0.2) is 0 Å². The van der Waals surface area contributed by atoms with Gasteiger partial charge in [0.05, 0.1) is 6.10 Å². The molecule has 1 fully saturated rings. The van der Waals surface area contributed by atoms with Crippen molar-refractivity contribution in [1.29, 1.82) is 0 Å². The predicted octanol–water partition coefficient (Wildman–Crippen LogP) is 0.522. The van der Waals surface area contributed by atoms with E-state index in [2.05, 4.69) is 5.32 Å². The summed E-state index contributed by atoms with van der Waals surface area (Å²) in [5.41, 5.74) is 0. The van der Waals surface area contributed by atoms with Crippen molar-refractivity contribution in [2.24, 2.45) is 5.92 Å². The van der Waals surface area contributed by atoms with Gasteiger partial charge in [0.2, 0.25) is 11.8 Å². The number of aliphatic hydroxyl groups is 1. The molecule has 2 amide bonds. The summed E-state index contributed by atoms with van der Waals surface area (Å²) in [7, 11) is 0. The molecule has 2 atom stereocenters. The van der Waals surface area contributed by atoms with Gasteiger partial charge >= 0.3 is 0 Å². The summed E-state index contributed by atoms with van der Waals surface area (Å²) >= 11 is 0. The molecule has 0 bridgehead atoms. The minimum Gasteiger partial charge on any atom is -0.391 e. The zero-order valence-corrected chi connectivity index (χ0v) is 11.3. The quantitative estimate of drug-likeness (QED) is 0.698. The number of likely N-dealkylation sites (tertiary alicyclic amines) is 1. The van der Waals surface area contributed by atoms with Gasteiger partial charge in [-0.05, 0) is 12.3 Å². The highest BCUT2D eigenvalue weighted by atomic mass is 16.3. The Morgan fingerprint density at radius 1 is 1.56 bits per heavy atom. The molecule has 0 radical (unpaired) electrons. The van der Waals surface area contributed by atoms with Crippen LogP contribution >= 0.6 is 0 Å². The van der Waals surface area contributed by atoms with E-state index in [1.165, 1.54) is 0 Å². The van der Waals surface area contributed by atoms with Crippen LogP contribution in [-0.2, 0) is 9.59 Å². The van der Waals surface area contributed by atoms with E-state index < -0.39 is 6.10 Å². The Morgan fingerprint density at radius 3 is 2.83 bits per heavy atom. The second-order valence-corrected chi connectivity index (χ2v) is 4.99. The van der Waals surface area contributed by atoms with Gasteiger partial charge in [-0.1, -0.05) is 20.3 Å². The topological polar surface area (TPSA) is 69.6 Å². The highest BCUT2D eigenvalue weighted by Gasteiger charge is 2.20. The summed E-state index contributed by atoms with van der Waals surface area (Å²) in [4.78, 5) is 24.6. The monoisotopic (exact) mass is 256 g/mol. The van der Waals surface area contributed by atoms with Crippen LogP contribution in [-0.4, -0.2) is 47.6 Å². The van der Waals surface area contributed by atoms with Gasteiger partial charge in [0, 0.05) is 32.5 Å². The summed E-state index contributed by atoms with van der Waals surface area (Å²) in [6.45, 7) is 5.52. The van der Waals surface area contributed by atoms with Crippen molar-refractivity contribution in [3.63, 3.8) is 0 Å². The Bertz CT molecular complexity index is 294. The van der Waals surface area contributed by atoms with Gasteiger partial charge in [-0.25, -0.2) is 0 Å². The Labute approximate surface area is 109 Å². The number of amides is 2. The van der Waals surface area contributed by atoms with Gasteiger partial charge in [-0.3, -0.25) is 9.59 Å². The van der Waals surface area contributed by atoms with Crippen molar-refractivity contribution in [2.45, 2.75) is 45.6 Å². The van der Waals surface area contributed by atoms with Crippen LogP contribution in [0.4, 0.5) is 0 Å². The standard InChI is InChI=1S/C13H24N2O3/c1-3-10(2)11(16)9-14-12(17)6-8-15-7-4-5-13(15)18/h10-11,16H,3-9H2,1-2H3,(H,14,17). The van der Waals surface area contributed by atoms with E-state index in [0.29, 0.717) is 25.9 Å². The lowest BCUT2D eigenvalue weighted by Gasteiger charge is -2.18. The van der Waals surface area contributed by atoms with Crippen LogP contribution in [0.25, 0.3) is 0 Å². The highest BCUT2D eigenvalue weighted by molar-refractivity contribution is 5.80. The molecule has 1 rings (SSSR count). The van der Waals surface area contributed by atoms with Gasteiger partial charge in [0.15, 0.2) is 0 Å². The number of nitrogens with zero attached hydrogens (tertiary/aromatic N) is 1. The zero-order valence-electron chi connectivity index (χ0n) is 11.3. The molecular formula is C13H24N2O3. The minimum absolute atomic E-state index is 0.1000.